The average molecular weight is 509 g/mol. The van der Waals surface area contributed by atoms with Crippen molar-refractivity contribution < 1.29 is 19.0 Å². The van der Waals surface area contributed by atoms with E-state index in [0.717, 1.165) is 24.1 Å². The summed E-state index contributed by atoms with van der Waals surface area (Å²) in [6.45, 7) is 0. The van der Waals surface area contributed by atoms with Gasteiger partial charge in [-0.05, 0) is 61.8 Å². The number of aliphatic hydroxyl groups is 1. The Morgan fingerprint density at radius 2 is 2.00 bits per heavy atom. The fourth-order valence-electron chi connectivity index (χ4n) is 5.56. The van der Waals surface area contributed by atoms with Gasteiger partial charge in [0.1, 0.15) is 17.1 Å². The standard InChI is InChI=1S/C27H26ClFN4O3/c1-33-15-31-24(25(33)26(34)32-20-3-4-22(29)21(28)12-20)17-10-18-13-27(35,14-19(18)11-17)7-5-16-6-8-30-23(9-16)36-2/h3-4,6,8-9,12,15,17-19,35H,10-11,13-14H2,1-2H3,(H,32,34). The van der Waals surface area contributed by atoms with Crippen LogP contribution in [0, 0.1) is 29.5 Å². The van der Waals surface area contributed by atoms with Crippen molar-refractivity contribution in [2.45, 2.75) is 37.2 Å². The number of nitrogens with zero attached hydrogens (tertiary/aromatic N) is 3. The third-order valence-electron chi connectivity index (χ3n) is 7.17. The highest BCUT2D eigenvalue weighted by Gasteiger charge is 2.49. The minimum absolute atomic E-state index is 0.0553. The predicted octanol–water partition coefficient (Wildman–Crippen LogP) is 4.55. The molecule has 5 rings (SSSR count). The van der Waals surface area contributed by atoms with Gasteiger partial charge >= 0.3 is 0 Å². The number of ether oxygens (including phenoxy) is 1. The van der Waals surface area contributed by atoms with E-state index >= 15 is 0 Å². The summed E-state index contributed by atoms with van der Waals surface area (Å²) < 4.78 is 20.3. The molecule has 2 unspecified atom stereocenters. The van der Waals surface area contributed by atoms with Crippen molar-refractivity contribution in [1.29, 1.82) is 0 Å². The summed E-state index contributed by atoms with van der Waals surface area (Å²) in [5.41, 5.74) is 1.34. The summed E-state index contributed by atoms with van der Waals surface area (Å²) in [6, 6.07) is 7.61. The molecule has 2 aromatic heterocycles. The zero-order chi connectivity index (χ0) is 25.4. The van der Waals surface area contributed by atoms with Gasteiger partial charge in [0.15, 0.2) is 0 Å². The molecule has 0 aliphatic heterocycles. The number of hydrogen-bond acceptors (Lipinski definition) is 5. The van der Waals surface area contributed by atoms with Crippen LogP contribution in [0.25, 0.3) is 0 Å². The fourth-order valence-corrected chi connectivity index (χ4v) is 5.74. The minimum atomic E-state index is -1.04. The Bertz CT molecular complexity index is 1360. The van der Waals surface area contributed by atoms with E-state index in [9.17, 15) is 14.3 Å². The number of rotatable bonds is 4. The van der Waals surface area contributed by atoms with E-state index in [1.54, 1.807) is 43.4 Å². The van der Waals surface area contributed by atoms with Gasteiger partial charge in [-0.3, -0.25) is 4.79 Å². The molecular weight excluding hydrogens is 483 g/mol. The molecule has 2 aliphatic carbocycles. The summed E-state index contributed by atoms with van der Waals surface area (Å²) in [4.78, 5) is 21.7. The molecule has 2 fully saturated rings. The second-order valence-corrected chi connectivity index (χ2v) is 10.0. The summed E-state index contributed by atoms with van der Waals surface area (Å²) >= 11 is 5.85. The molecule has 1 aromatic carbocycles. The smallest absolute Gasteiger partial charge is 0.274 e. The normalized spacial score (nSPS) is 24.6. The maximum absolute atomic E-state index is 13.5. The number of nitrogens with one attached hydrogen (secondary N) is 1. The molecule has 0 saturated heterocycles. The van der Waals surface area contributed by atoms with Crippen molar-refractivity contribution in [3.8, 4) is 17.7 Å². The van der Waals surface area contributed by atoms with Crippen LogP contribution in [-0.2, 0) is 7.05 Å². The highest BCUT2D eigenvalue weighted by molar-refractivity contribution is 6.31. The zero-order valence-corrected chi connectivity index (χ0v) is 20.7. The largest absolute Gasteiger partial charge is 0.481 e. The second kappa shape index (κ2) is 9.57. The van der Waals surface area contributed by atoms with Gasteiger partial charge in [0.2, 0.25) is 5.88 Å². The first kappa shape index (κ1) is 24.3. The fraction of sp³-hybridized carbons (Fsp3) is 0.370. The second-order valence-electron chi connectivity index (χ2n) is 9.64. The quantitative estimate of drug-likeness (QED) is 0.504. The molecule has 3 aromatic rings. The molecule has 1 amide bonds. The van der Waals surface area contributed by atoms with E-state index in [1.807, 2.05) is 0 Å². The molecule has 0 bridgehead atoms. The Balaban J connectivity index is 1.28. The first-order valence-corrected chi connectivity index (χ1v) is 12.2. The number of anilines is 1. The van der Waals surface area contributed by atoms with E-state index < -0.39 is 11.4 Å². The van der Waals surface area contributed by atoms with E-state index in [1.165, 1.54) is 18.2 Å². The molecule has 2 heterocycles. The summed E-state index contributed by atoms with van der Waals surface area (Å²) in [5.74, 6) is 6.48. The monoisotopic (exact) mass is 508 g/mol. The minimum Gasteiger partial charge on any atom is -0.481 e. The first-order chi connectivity index (χ1) is 17.2. The van der Waals surface area contributed by atoms with Crippen LogP contribution in [0.2, 0.25) is 5.02 Å². The van der Waals surface area contributed by atoms with Crippen molar-refractivity contribution in [3.05, 3.63) is 70.6 Å². The highest BCUT2D eigenvalue weighted by atomic mass is 35.5. The molecule has 2 aliphatic rings. The van der Waals surface area contributed by atoms with E-state index in [4.69, 9.17) is 16.3 Å². The molecule has 186 valence electrons. The number of hydrogen-bond donors (Lipinski definition) is 2. The van der Waals surface area contributed by atoms with Gasteiger partial charge in [0, 0.05) is 36.5 Å². The summed E-state index contributed by atoms with van der Waals surface area (Å²) in [5, 5.41) is 13.9. The van der Waals surface area contributed by atoms with Crippen LogP contribution in [0.15, 0.2) is 42.9 Å². The molecule has 7 nitrogen and oxygen atoms in total. The SMILES string of the molecule is COc1cc(C#CC2(O)CC3CC(c4ncn(C)c4C(=O)Nc4ccc(F)c(Cl)c4)CC3C2)ccn1. The van der Waals surface area contributed by atoms with Crippen molar-refractivity contribution in [2.24, 2.45) is 18.9 Å². The lowest BCUT2D eigenvalue weighted by Gasteiger charge is -2.19. The first-order valence-electron chi connectivity index (χ1n) is 11.8. The van der Waals surface area contributed by atoms with Crippen LogP contribution in [0.1, 0.15) is 53.3 Å². The predicted molar refractivity (Wildman–Crippen MR) is 133 cm³/mol. The van der Waals surface area contributed by atoms with E-state index in [2.05, 4.69) is 27.1 Å². The van der Waals surface area contributed by atoms with Crippen molar-refractivity contribution >= 4 is 23.2 Å². The van der Waals surface area contributed by atoms with Gasteiger partial charge in [-0.1, -0.05) is 23.4 Å². The number of fused-ring (bicyclic) bond motifs is 1. The van der Waals surface area contributed by atoms with Crippen LogP contribution in [-0.4, -0.2) is 38.3 Å². The zero-order valence-electron chi connectivity index (χ0n) is 20.0. The number of amides is 1. The summed E-state index contributed by atoms with van der Waals surface area (Å²) in [6.07, 6.45) is 6.11. The Hall–Kier alpha value is -3.41. The Kier molecular flexibility index (Phi) is 6.45. The highest BCUT2D eigenvalue weighted by Crippen LogP contribution is 2.53. The Morgan fingerprint density at radius 3 is 2.69 bits per heavy atom. The van der Waals surface area contributed by atoms with Gasteiger partial charge in [0.25, 0.3) is 5.91 Å². The third-order valence-corrected chi connectivity index (χ3v) is 7.46. The Labute approximate surface area is 213 Å². The number of imidazole rings is 1. The van der Waals surface area contributed by atoms with Crippen LogP contribution < -0.4 is 10.1 Å². The molecule has 9 heteroatoms. The number of aryl methyl sites for hydroxylation is 1. The van der Waals surface area contributed by atoms with E-state index in [0.29, 0.717) is 41.9 Å². The molecular formula is C27H26ClFN4O3. The number of halogens is 2. The van der Waals surface area contributed by atoms with Gasteiger partial charge in [0.05, 0.1) is 24.2 Å². The van der Waals surface area contributed by atoms with Crippen LogP contribution in [0.5, 0.6) is 5.88 Å². The van der Waals surface area contributed by atoms with Crippen LogP contribution in [0.4, 0.5) is 10.1 Å². The Morgan fingerprint density at radius 1 is 1.25 bits per heavy atom. The maximum atomic E-state index is 13.5. The number of carbonyl (C=O) groups excluding carboxylic acids is 1. The van der Waals surface area contributed by atoms with Crippen molar-refractivity contribution in [1.82, 2.24) is 14.5 Å². The van der Waals surface area contributed by atoms with Crippen LogP contribution in [0.3, 0.4) is 0 Å². The molecule has 2 saturated carbocycles. The molecule has 0 radical (unpaired) electrons. The number of benzene rings is 1. The number of methoxy groups -OCH3 is 1. The number of carbonyl (C=O) groups is 1. The van der Waals surface area contributed by atoms with Crippen LogP contribution >= 0.6 is 11.6 Å². The van der Waals surface area contributed by atoms with Gasteiger partial charge in [-0.15, -0.1) is 0 Å². The number of aromatic nitrogens is 3. The number of pyridine rings is 1. The molecule has 36 heavy (non-hydrogen) atoms. The lowest BCUT2D eigenvalue weighted by molar-refractivity contribution is 0.0979. The lowest BCUT2D eigenvalue weighted by atomic mass is 9.92. The topological polar surface area (TPSA) is 89.3 Å². The van der Waals surface area contributed by atoms with Crippen molar-refractivity contribution in [3.63, 3.8) is 0 Å². The van der Waals surface area contributed by atoms with Gasteiger partial charge in [-0.2, -0.15) is 0 Å². The lowest BCUT2D eigenvalue weighted by Crippen LogP contribution is -2.24. The summed E-state index contributed by atoms with van der Waals surface area (Å²) in [7, 11) is 3.33. The average Bonchev–Trinajstić information content (AvgIpc) is 3.51. The van der Waals surface area contributed by atoms with Gasteiger partial charge < -0.3 is 19.7 Å². The van der Waals surface area contributed by atoms with Gasteiger partial charge in [-0.25, -0.2) is 14.4 Å². The maximum Gasteiger partial charge on any atom is 0.274 e. The van der Waals surface area contributed by atoms with Crippen molar-refractivity contribution in [2.75, 3.05) is 12.4 Å². The third kappa shape index (κ3) is 4.81. The molecule has 2 N–H and O–H groups in total. The molecule has 2 atom stereocenters. The molecule has 0 spiro atoms. The van der Waals surface area contributed by atoms with E-state index in [-0.39, 0.29) is 16.8 Å².